The number of hydrogen-bond donors (Lipinski definition) is 0. The van der Waals surface area contributed by atoms with Crippen LogP contribution in [0.1, 0.15) is 17.0 Å². The molecule has 0 saturated carbocycles. The summed E-state index contributed by atoms with van der Waals surface area (Å²) in [5.74, 6) is 0.431. The first-order valence-corrected chi connectivity index (χ1v) is 15.0. The van der Waals surface area contributed by atoms with Crippen LogP contribution in [-0.2, 0) is 16.2 Å². The highest BCUT2D eigenvalue weighted by atomic mass is 35.5. The Bertz CT molecular complexity index is 1240. The number of alkyl halides is 3. The van der Waals surface area contributed by atoms with Gasteiger partial charge in [0.25, 0.3) is 0 Å². The van der Waals surface area contributed by atoms with E-state index in [-0.39, 0.29) is 31.0 Å². The van der Waals surface area contributed by atoms with Crippen LogP contribution >= 0.6 is 35.0 Å². The van der Waals surface area contributed by atoms with Crippen molar-refractivity contribution < 1.29 is 26.4 Å². The number of piperazine rings is 1. The Morgan fingerprint density at radius 2 is 1.76 bits per heavy atom. The number of nitrogens with zero attached hydrogens (tertiary/aromatic N) is 4. The fraction of sp³-hybridized carbons (Fsp3) is 0.478. The van der Waals surface area contributed by atoms with E-state index >= 15 is 0 Å². The van der Waals surface area contributed by atoms with E-state index in [0.717, 1.165) is 24.1 Å². The van der Waals surface area contributed by atoms with Gasteiger partial charge in [0.2, 0.25) is 10.0 Å². The molecule has 2 saturated heterocycles. The van der Waals surface area contributed by atoms with Gasteiger partial charge in [-0.1, -0.05) is 29.3 Å². The van der Waals surface area contributed by atoms with Gasteiger partial charge in [0, 0.05) is 57.1 Å². The number of thioether (sulfide) groups is 1. The van der Waals surface area contributed by atoms with Crippen molar-refractivity contribution in [3.8, 4) is 0 Å². The summed E-state index contributed by atoms with van der Waals surface area (Å²) >= 11 is 13.7. The summed E-state index contributed by atoms with van der Waals surface area (Å²) in [6.07, 6.45) is -2.48. The van der Waals surface area contributed by atoms with Crippen molar-refractivity contribution in [1.29, 1.82) is 0 Å². The standard InChI is InChI=1S/C23H25Cl2F3N4O3S2/c1-37(34,35)32-8-6-30(7-9-32)22(33)31-12-16(18(13-31)15-2-4-19(24)20(25)10-15)14-36-21-5-3-17(11-29-21)23(26,27)28/h2-5,10-11,16,18H,6-9,12-14H2,1H3/t16-,18+/m0/s1. The number of urea groups is 1. The van der Waals surface area contributed by atoms with Gasteiger partial charge in [-0.3, -0.25) is 0 Å². The fourth-order valence-corrected chi connectivity index (χ4v) is 6.70. The van der Waals surface area contributed by atoms with Gasteiger partial charge in [-0.05, 0) is 35.7 Å². The van der Waals surface area contributed by atoms with Crippen LogP contribution in [0, 0.1) is 5.92 Å². The van der Waals surface area contributed by atoms with E-state index in [0.29, 0.717) is 47.0 Å². The first-order chi connectivity index (χ1) is 17.3. The summed E-state index contributed by atoms with van der Waals surface area (Å²) in [6, 6.07) is 7.54. The van der Waals surface area contributed by atoms with Gasteiger partial charge >= 0.3 is 12.2 Å². The van der Waals surface area contributed by atoms with Crippen LogP contribution in [-0.4, -0.2) is 84.8 Å². The fourth-order valence-electron chi connectivity index (χ4n) is 4.55. The number of halogens is 5. The lowest BCUT2D eigenvalue weighted by Crippen LogP contribution is -2.53. The maximum atomic E-state index is 13.3. The molecule has 2 aliphatic heterocycles. The molecule has 2 aromatic rings. The number of rotatable bonds is 5. The van der Waals surface area contributed by atoms with E-state index in [1.54, 1.807) is 21.9 Å². The lowest BCUT2D eigenvalue weighted by molar-refractivity contribution is -0.137. The second-order valence-electron chi connectivity index (χ2n) is 9.07. The summed E-state index contributed by atoms with van der Waals surface area (Å²) in [7, 11) is -3.31. The van der Waals surface area contributed by atoms with E-state index in [1.807, 2.05) is 6.07 Å². The molecular formula is C23H25Cl2F3N4O3S2. The molecule has 0 N–H and O–H groups in total. The first-order valence-electron chi connectivity index (χ1n) is 11.4. The SMILES string of the molecule is CS(=O)(=O)N1CCN(C(=O)N2C[C@@H](CSc3ccc(C(F)(F)F)cn3)[C@@H](c3ccc(Cl)c(Cl)c3)C2)CC1. The normalized spacial score (nSPS) is 21.5. The smallest absolute Gasteiger partial charge is 0.324 e. The molecule has 0 bridgehead atoms. The molecule has 0 spiro atoms. The van der Waals surface area contributed by atoms with Gasteiger partial charge in [-0.2, -0.15) is 17.5 Å². The molecule has 2 atom stereocenters. The highest BCUT2D eigenvalue weighted by molar-refractivity contribution is 7.99. The van der Waals surface area contributed by atoms with Crippen molar-refractivity contribution in [2.75, 3.05) is 51.3 Å². The van der Waals surface area contributed by atoms with Gasteiger partial charge < -0.3 is 9.80 Å². The quantitative estimate of drug-likeness (QED) is 0.458. The van der Waals surface area contributed by atoms with Crippen molar-refractivity contribution in [3.05, 3.63) is 57.7 Å². The van der Waals surface area contributed by atoms with Crippen LogP contribution in [0.5, 0.6) is 0 Å². The molecule has 3 heterocycles. The minimum atomic E-state index is -4.45. The van der Waals surface area contributed by atoms with Crippen molar-refractivity contribution in [2.24, 2.45) is 5.92 Å². The zero-order chi connectivity index (χ0) is 27.0. The highest BCUT2D eigenvalue weighted by Gasteiger charge is 2.39. The zero-order valence-corrected chi connectivity index (χ0v) is 22.9. The van der Waals surface area contributed by atoms with Crippen LogP contribution in [0.15, 0.2) is 41.6 Å². The largest absolute Gasteiger partial charge is 0.417 e. The van der Waals surface area contributed by atoms with Crippen molar-refractivity contribution in [1.82, 2.24) is 19.1 Å². The van der Waals surface area contributed by atoms with E-state index in [1.165, 1.54) is 22.1 Å². The third kappa shape index (κ3) is 6.83. The summed E-state index contributed by atoms with van der Waals surface area (Å²) in [5, 5.41) is 1.28. The highest BCUT2D eigenvalue weighted by Crippen LogP contribution is 2.39. The van der Waals surface area contributed by atoms with Gasteiger partial charge in [-0.15, -0.1) is 11.8 Å². The van der Waals surface area contributed by atoms with Crippen molar-refractivity contribution >= 4 is 51.0 Å². The minimum absolute atomic E-state index is 0.0207. The Hall–Kier alpha value is -1.73. The van der Waals surface area contributed by atoms with Crippen molar-refractivity contribution in [2.45, 2.75) is 17.1 Å². The average Bonchev–Trinajstić information content (AvgIpc) is 3.27. The second kappa shape index (κ2) is 11.2. The molecule has 2 fully saturated rings. The molecule has 202 valence electrons. The Morgan fingerprint density at radius 3 is 2.32 bits per heavy atom. The molecule has 2 aliphatic rings. The number of sulfonamides is 1. The third-order valence-corrected chi connectivity index (χ3v) is 9.74. The Labute approximate surface area is 228 Å². The molecule has 14 heteroatoms. The predicted octanol–water partition coefficient (Wildman–Crippen LogP) is 4.91. The molecule has 1 aromatic carbocycles. The topological polar surface area (TPSA) is 73.8 Å². The summed E-state index contributed by atoms with van der Waals surface area (Å²) in [6.45, 7) is 1.95. The Kier molecular flexibility index (Phi) is 8.54. The number of amides is 2. The number of pyridine rings is 1. The molecule has 0 unspecified atom stereocenters. The molecule has 0 radical (unpaired) electrons. The minimum Gasteiger partial charge on any atom is -0.324 e. The summed E-state index contributed by atoms with van der Waals surface area (Å²) in [5.41, 5.74) is 0.108. The molecular weight excluding hydrogens is 572 g/mol. The zero-order valence-electron chi connectivity index (χ0n) is 19.8. The number of likely N-dealkylation sites (tertiary alicyclic amines) is 1. The second-order valence-corrected chi connectivity index (χ2v) is 12.9. The van der Waals surface area contributed by atoms with E-state index in [2.05, 4.69) is 4.98 Å². The number of aromatic nitrogens is 1. The monoisotopic (exact) mass is 596 g/mol. The van der Waals surface area contributed by atoms with Crippen LogP contribution in [0.4, 0.5) is 18.0 Å². The third-order valence-electron chi connectivity index (χ3n) is 6.57. The van der Waals surface area contributed by atoms with Crippen LogP contribution in [0.2, 0.25) is 10.0 Å². The summed E-state index contributed by atoms with van der Waals surface area (Å²) in [4.78, 5) is 20.7. The van der Waals surface area contributed by atoms with Gasteiger partial charge in [0.05, 0.1) is 26.9 Å². The van der Waals surface area contributed by atoms with Gasteiger partial charge in [0.1, 0.15) is 0 Å². The predicted molar refractivity (Wildman–Crippen MR) is 138 cm³/mol. The molecule has 37 heavy (non-hydrogen) atoms. The van der Waals surface area contributed by atoms with E-state index in [4.69, 9.17) is 23.2 Å². The van der Waals surface area contributed by atoms with Crippen molar-refractivity contribution in [3.63, 3.8) is 0 Å². The maximum absolute atomic E-state index is 13.3. The Balaban J connectivity index is 1.47. The number of benzene rings is 1. The average molecular weight is 598 g/mol. The molecule has 2 amide bonds. The molecule has 4 rings (SSSR count). The lowest BCUT2D eigenvalue weighted by atomic mass is 9.90. The molecule has 1 aromatic heterocycles. The van der Waals surface area contributed by atoms with Crippen LogP contribution in [0.25, 0.3) is 0 Å². The summed E-state index contributed by atoms with van der Waals surface area (Å²) < 4.78 is 63.5. The van der Waals surface area contributed by atoms with Crippen LogP contribution < -0.4 is 0 Å². The van der Waals surface area contributed by atoms with Gasteiger partial charge in [-0.25, -0.2) is 18.2 Å². The van der Waals surface area contributed by atoms with Gasteiger partial charge in [0.15, 0.2) is 0 Å². The first kappa shape index (κ1) is 28.3. The van der Waals surface area contributed by atoms with Crippen LogP contribution in [0.3, 0.4) is 0 Å². The lowest BCUT2D eigenvalue weighted by Gasteiger charge is -2.35. The Morgan fingerprint density at radius 1 is 1.05 bits per heavy atom. The van der Waals surface area contributed by atoms with E-state index in [9.17, 15) is 26.4 Å². The van der Waals surface area contributed by atoms with E-state index < -0.39 is 21.8 Å². The number of carbonyl (C=O) groups excluding carboxylic acids is 1. The maximum Gasteiger partial charge on any atom is 0.417 e. The molecule has 0 aliphatic carbocycles. The number of carbonyl (C=O) groups is 1. The molecule has 7 nitrogen and oxygen atoms in total. The number of hydrogen-bond acceptors (Lipinski definition) is 5.